The van der Waals surface area contributed by atoms with Crippen molar-refractivity contribution in [2.45, 2.75) is 19.2 Å². The highest BCUT2D eigenvalue weighted by atomic mass is 19.4. The van der Waals surface area contributed by atoms with Crippen molar-refractivity contribution in [3.63, 3.8) is 0 Å². The fourth-order valence-corrected chi connectivity index (χ4v) is 2.44. The number of halogens is 4. The molecular formula is C14H18F4N2O. The largest absolute Gasteiger partial charge is 0.401 e. The Labute approximate surface area is 120 Å². The van der Waals surface area contributed by atoms with Crippen LogP contribution >= 0.6 is 0 Å². The summed E-state index contributed by atoms with van der Waals surface area (Å²) >= 11 is 0. The van der Waals surface area contributed by atoms with Crippen LogP contribution in [0.2, 0.25) is 0 Å². The number of hydrogen-bond acceptors (Lipinski definition) is 3. The van der Waals surface area contributed by atoms with Gasteiger partial charge in [0.25, 0.3) is 0 Å². The molecule has 2 rings (SSSR count). The molecule has 1 saturated heterocycles. The van der Waals surface area contributed by atoms with Crippen molar-refractivity contribution in [2.75, 3.05) is 37.6 Å². The predicted octanol–water partition coefficient (Wildman–Crippen LogP) is 2.56. The van der Waals surface area contributed by atoms with E-state index in [0.717, 1.165) is 0 Å². The molecule has 0 amide bonds. The van der Waals surface area contributed by atoms with E-state index >= 15 is 0 Å². The van der Waals surface area contributed by atoms with Gasteiger partial charge in [0.2, 0.25) is 0 Å². The first-order valence-electron chi connectivity index (χ1n) is 6.78. The van der Waals surface area contributed by atoms with E-state index in [-0.39, 0.29) is 13.1 Å². The molecule has 0 bridgehead atoms. The number of aliphatic hydroxyl groups is 1. The molecule has 1 atom stereocenters. The van der Waals surface area contributed by atoms with Gasteiger partial charge >= 0.3 is 6.18 Å². The second-order valence-electron chi connectivity index (χ2n) is 5.27. The van der Waals surface area contributed by atoms with Crippen LogP contribution in [0, 0.1) is 5.82 Å². The van der Waals surface area contributed by atoms with Gasteiger partial charge in [-0.15, -0.1) is 0 Å². The smallest absolute Gasteiger partial charge is 0.389 e. The van der Waals surface area contributed by atoms with Crippen molar-refractivity contribution in [2.24, 2.45) is 0 Å². The molecule has 1 N–H and O–H groups in total. The molecule has 1 heterocycles. The predicted molar refractivity (Wildman–Crippen MR) is 71.7 cm³/mol. The first-order valence-corrected chi connectivity index (χ1v) is 6.78. The zero-order valence-corrected chi connectivity index (χ0v) is 11.7. The molecule has 1 aromatic carbocycles. The fourth-order valence-electron chi connectivity index (χ4n) is 2.44. The number of hydrogen-bond donors (Lipinski definition) is 1. The van der Waals surface area contributed by atoms with Crippen LogP contribution in [-0.2, 0) is 0 Å². The number of nitrogens with zero attached hydrogens (tertiary/aromatic N) is 2. The average molecular weight is 306 g/mol. The Balaban J connectivity index is 1.99. The van der Waals surface area contributed by atoms with Crippen LogP contribution in [0.25, 0.3) is 0 Å². The lowest BCUT2D eigenvalue weighted by atomic mass is 10.1. The number of benzene rings is 1. The third-order valence-corrected chi connectivity index (χ3v) is 3.57. The molecule has 0 radical (unpaired) electrons. The van der Waals surface area contributed by atoms with Gasteiger partial charge in [0.15, 0.2) is 0 Å². The highest BCUT2D eigenvalue weighted by molar-refractivity contribution is 5.50. The number of rotatable bonds is 3. The summed E-state index contributed by atoms with van der Waals surface area (Å²) in [6, 6.07) is 4.46. The Morgan fingerprint density at radius 1 is 1.19 bits per heavy atom. The van der Waals surface area contributed by atoms with E-state index in [0.29, 0.717) is 24.3 Å². The molecule has 21 heavy (non-hydrogen) atoms. The van der Waals surface area contributed by atoms with Crippen molar-refractivity contribution in [1.29, 1.82) is 0 Å². The molecule has 1 aliphatic rings. The van der Waals surface area contributed by atoms with Gasteiger partial charge in [-0.3, -0.25) is 4.90 Å². The topological polar surface area (TPSA) is 26.7 Å². The van der Waals surface area contributed by atoms with Gasteiger partial charge in [-0.25, -0.2) is 4.39 Å². The van der Waals surface area contributed by atoms with Crippen LogP contribution in [0.4, 0.5) is 23.2 Å². The molecule has 1 aromatic rings. The first-order chi connectivity index (χ1) is 9.76. The van der Waals surface area contributed by atoms with E-state index in [9.17, 15) is 22.7 Å². The van der Waals surface area contributed by atoms with E-state index < -0.39 is 24.6 Å². The lowest BCUT2D eigenvalue weighted by molar-refractivity contribution is -0.146. The third kappa shape index (κ3) is 4.31. The molecular weight excluding hydrogens is 288 g/mol. The SMILES string of the molecule is CC(O)c1ccc(N2CCN(CC(F)(F)F)CC2)c(F)c1. The molecule has 3 nitrogen and oxygen atoms in total. The van der Waals surface area contributed by atoms with Crippen LogP contribution in [-0.4, -0.2) is 48.9 Å². The molecule has 118 valence electrons. The second kappa shape index (κ2) is 6.19. The molecule has 1 aliphatic heterocycles. The maximum Gasteiger partial charge on any atom is 0.401 e. The molecule has 1 unspecified atom stereocenters. The van der Waals surface area contributed by atoms with Crippen LogP contribution in [0.5, 0.6) is 0 Å². The van der Waals surface area contributed by atoms with Crippen LogP contribution in [0.3, 0.4) is 0 Å². The minimum atomic E-state index is -4.20. The zero-order chi connectivity index (χ0) is 15.6. The van der Waals surface area contributed by atoms with E-state index in [1.807, 2.05) is 0 Å². The maximum atomic E-state index is 14.0. The molecule has 0 aromatic heterocycles. The maximum absolute atomic E-state index is 14.0. The van der Waals surface area contributed by atoms with E-state index in [1.54, 1.807) is 24.0 Å². The Morgan fingerprint density at radius 2 is 1.81 bits per heavy atom. The van der Waals surface area contributed by atoms with Crippen LogP contribution < -0.4 is 4.90 Å². The Hall–Kier alpha value is -1.34. The number of anilines is 1. The van der Waals surface area contributed by atoms with E-state index in [2.05, 4.69) is 0 Å². The minimum absolute atomic E-state index is 0.247. The van der Waals surface area contributed by atoms with Gasteiger partial charge in [-0.1, -0.05) is 6.07 Å². The third-order valence-electron chi connectivity index (χ3n) is 3.57. The molecule has 1 fully saturated rings. The van der Waals surface area contributed by atoms with Gasteiger partial charge in [0.05, 0.1) is 18.3 Å². The molecule has 0 saturated carbocycles. The summed E-state index contributed by atoms with van der Waals surface area (Å²) in [5, 5.41) is 9.40. The summed E-state index contributed by atoms with van der Waals surface area (Å²) < 4.78 is 50.9. The van der Waals surface area contributed by atoms with Crippen molar-refractivity contribution in [3.8, 4) is 0 Å². The summed E-state index contributed by atoms with van der Waals surface area (Å²) in [5.74, 6) is -0.460. The number of alkyl halides is 3. The lowest BCUT2D eigenvalue weighted by Crippen LogP contribution is -2.49. The van der Waals surface area contributed by atoms with Crippen molar-refractivity contribution in [3.05, 3.63) is 29.6 Å². The van der Waals surface area contributed by atoms with Crippen molar-refractivity contribution < 1.29 is 22.7 Å². The van der Waals surface area contributed by atoms with Crippen molar-refractivity contribution >= 4 is 5.69 Å². The van der Waals surface area contributed by atoms with Gasteiger partial charge in [-0.05, 0) is 24.6 Å². The summed E-state index contributed by atoms with van der Waals surface area (Å²) in [6.07, 6.45) is -4.95. The van der Waals surface area contributed by atoms with E-state index in [1.165, 1.54) is 11.0 Å². The van der Waals surface area contributed by atoms with E-state index in [4.69, 9.17) is 0 Å². The lowest BCUT2D eigenvalue weighted by Gasteiger charge is -2.36. The second-order valence-corrected chi connectivity index (χ2v) is 5.27. The Kier molecular flexibility index (Phi) is 4.73. The Bertz CT molecular complexity index is 482. The molecule has 0 aliphatic carbocycles. The monoisotopic (exact) mass is 306 g/mol. The highest BCUT2D eigenvalue weighted by Crippen LogP contribution is 2.25. The van der Waals surface area contributed by atoms with Crippen molar-refractivity contribution in [1.82, 2.24) is 4.90 Å². The molecule has 0 spiro atoms. The number of aliphatic hydroxyl groups excluding tert-OH is 1. The van der Waals surface area contributed by atoms with Crippen LogP contribution in [0.1, 0.15) is 18.6 Å². The standard InChI is InChI=1S/C14H18F4N2O/c1-10(21)11-2-3-13(12(15)8-11)20-6-4-19(5-7-20)9-14(16,17)18/h2-3,8,10,21H,4-7,9H2,1H3. The Morgan fingerprint density at radius 3 is 2.29 bits per heavy atom. The highest BCUT2D eigenvalue weighted by Gasteiger charge is 2.32. The van der Waals surface area contributed by atoms with Gasteiger partial charge in [0.1, 0.15) is 5.82 Å². The van der Waals surface area contributed by atoms with Crippen LogP contribution in [0.15, 0.2) is 18.2 Å². The first kappa shape index (κ1) is 16.0. The summed E-state index contributed by atoms with van der Waals surface area (Å²) in [4.78, 5) is 3.05. The number of piperazine rings is 1. The fraction of sp³-hybridized carbons (Fsp3) is 0.571. The minimum Gasteiger partial charge on any atom is -0.389 e. The average Bonchev–Trinajstić information content (AvgIpc) is 2.38. The van der Waals surface area contributed by atoms with Gasteiger partial charge in [-0.2, -0.15) is 13.2 Å². The normalized spacial score (nSPS) is 18.9. The summed E-state index contributed by atoms with van der Waals surface area (Å²) in [5.41, 5.74) is 0.845. The zero-order valence-electron chi connectivity index (χ0n) is 11.7. The van der Waals surface area contributed by atoms with Gasteiger partial charge < -0.3 is 10.0 Å². The van der Waals surface area contributed by atoms with Gasteiger partial charge in [0, 0.05) is 26.2 Å². The molecule has 7 heteroatoms. The summed E-state index contributed by atoms with van der Waals surface area (Å²) in [7, 11) is 0. The summed E-state index contributed by atoms with van der Waals surface area (Å²) in [6.45, 7) is 1.81. The quantitative estimate of drug-likeness (QED) is 0.870.